The number of aromatic hydroxyl groups is 1. The van der Waals surface area contributed by atoms with E-state index < -0.39 is 40.3 Å². The van der Waals surface area contributed by atoms with Crippen molar-refractivity contribution in [1.82, 2.24) is 9.78 Å². The highest BCUT2D eigenvalue weighted by atomic mass is 35.5. The Hall–Kier alpha value is -3.21. The summed E-state index contributed by atoms with van der Waals surface area (Å²) >= 11 is 5.80. The third kappa shape index (κ3) is 6.57. The van der Waals surface area contributed by atoms with E-state index in [1.54, 1.807) is 0 Å². The number of rotatable bonds is 8. The highest BCUT2D eigenvalue weighted by Crippen LogP contribution is 2.38. The zero-order valence-electron chi connectivity index (χ0n) is 19.9. The van der Waals surface area contributed by atoms with Crippen molar-refractivity contribution in [2.75, 3.05) is 11.4 Å². The fourth-order valence-electron chi connectivity index (χ4n) is 3.84. The van der Waals surface area contributed by atoms with Crippen LogP contribution in [0.5, 0.6) is 5.75 Å². The van der Waals surface area contributed by atoms with Gasteiger partial charge in [-0.3, -0.25) is 9.48 Å². The third-order valence-electron chi connectivity index (χ3n) is 5.74. The van der Waals surface area contributed by atoms with Crippen molar-refractivity contribution in [2.45, 2.75) is 45.0 Å². The molecule has 0 radical (unpaired) electrons. The Labute approximate surface area is 214 Å². The van der Waals surface area contributed by atoms with Gasteiger partial charge in [0.1, 0.15) is 5.75 Å². The monoisotopic (exact) mass is 547 g/mol. The van der Waals surface area contributed by atoms with Crippen LogP contribution >= 0.6 is 11.6 Å². The lowest BCUT2D eigenvalue weighted by atomic mass is 10.1. The second kappa shape index (κ2) is 11.0. The van der Waals surface area contributed by atoms with Crippen LogP contribution in [0.15, 0.2) is 42.5 Å². The van der Waals surface area contributed by atoms with Gasteiger partial charge in [0.2, 0.25) is 0 Å². The van der Waals surface area contributed by atoms with Gasteiger partial charge in [-0.2, -0.15) is 31.4 Å². The molecule has 2 aromatic carbocycles. The molecular formula is C25H24ClF6N3O2. The molecular weight excluding hydrogens is 524 g/mol. The van der Waals surface area contributed by atoms with E-state index in [0.29, 0.717) is 6.42 Å². The lowest BCUT2D eigenvalue weighted by Gasteiger charge is -2.24. The molecule has 1 amide bonds. The molecule has 0 saturated carbocycles. The maximum absolute atomic E-state index is 13.3. The van der Waals surface area contributed by atoms with Gasteiger partial charge in [0.05, 0.1) is 16.3 Å². The number of carbonyl (C=O) groups is 1. The molecule has 200 valence electrons. The molecule has 37 heavy (non-hydrogen) atoms. The third-order valence-corrected chi connectivity index (χ3v) is 6.05. The molecule has 1 heterocycles. The molecule has 5 nitrogen and oxygen atoms in total. The number of aromatic nitrogens is 2. The molecule has 0 saturated heterocycles. The lowest BCUT2D eigenvalue weighted by molar-refractivity contribution is -0.141. The average molecular weight is 548 g/mol. The number of hydrogen-bond acceptors (Lipinski definition) is 3. The minimum absolute atomic E-state index is 0.00622. The van der Waals surface area contributed by atoms with Gasteiger partial charge in [-0.1, -0.05) is 37.8 Å². The first kappa shape index (κ1) is 28.4. The Kier molecular flexibility index (Phi) is 8.46. The second-order valence-corrected chi connectivity index (χ2v) is 8.85. The predicted molar refractivity (Wildman–Crippen MR) is 128 cm³/mol. The fraction of sp³-hybridized carbons (Fsp3) is 0.360. The molecule has 0 atom stereocenters. The molecule has 12 heteroatoms. The van der Waals surface area contributed by atoms with Crippen LogP contribution < -0.4 is 4.90 Å². The highest BCUT2D eigenvalue weighted by molar-refractivity contribution is 6.32. The van der Waals surface area contributed by atoms with E-state index in [-0.39, 0.29) is 29.1 Å². The summed E-state index contributed by atoms with van der Waals surface area (Å²) in [6, 6.07) is 7.51. The topological polar surface area (TPSA) is 58.4 Å². The molecule has 1 aromatic heterocycles. The summed E-state index contributed by atoms with van der Waals surface area (Å²) in [5.74, 6) is -1.04. The van der Waals surface area contributed by atoms with Gasteiger partial charge in [-0.25, -0.2) is 0 Å². The van der Waals surface area contributed by atoms with E-state index in [0.717, 1.165) is 48.2 Å². The molecule has 0 aliphatic heterocycles. The van der Waals surface area contributed by atoms with E-state index in [1.807, 2.05) is 6.92 Å². The van der Waals surface area contributed by atoms with E-state index in [4.69, 9.17) is 11.6 Å². The van der Waals surface area contributed by atoms with E-state index in [2.05, 4.69) is 5.10 Å². The molecule has 0 unspecified atom stereocenters. The van der Waals surface area contributed by atoms with E-state index in [1.165, 1.54) is 30.1 Å². The molecule has 0 fully saturated rings. The number of anilines is 1. The van der Waals surface area contributed by atoms with Crippen molar-refractivity contribution in [2.24, 2.45) is 7.05 Å². The van der Waals surface area contributed by atoms with Gasteiger partial charge in [0, 0.05) is 36.5 Å². The van der Waals surface area contributed by atoms with Crippen LogP contribution in [0, 0.1) is 0 Å². The summed E-state index contributed by atoms with van der Waals surface area (Å²) in [5, 5.41) is 13.5. The number of halogens is 7. The molecule has 3 aromatic rings. The normalized spacial score (nSPS) is 12.1. The molecule has 1 N–H and O–H groups in total. The smallest absolute Gasteiger partial charge is 0.435 e. The number of aryl methyl sites for hydroxylation is 1. The lowest BCUT2D eigenvalue weighted by Crippen LogP contribution is -2.32. The Balaban J connectivity index is 1.98. The first-order valence-corrected chi connectivity index (χ1v) is 11.7. The Bertz CT molecular complexity index is 1270. The zero-order chi connectivity index (χ0) is 27.5. The van der Waals surface area contributed by atoms with Crippen LogP contribution in [0.1, 0.15) is 54.2 Å². The number of hydrogen-bond donors (Lipinski definition) is 1. The van der Waals surface area contributed by atoms with Gasteiger partial charge in [-0.05, 0) is 42.8 Å². The van der Waals surface area contributed by atoms with Crippen molar-refractivity contribution in [3.05, 3.63) is 64.3 Å². The van der Waals surface area contributed by atoms with Crippen LogP contribution in [0.4, 0.5) is 32.0 Å². The van der Waals surface area contributed by atoms with Crippen molar-refractivity contribution < 1.29 is 36.2 Å². The Morgan fingerprint density at radius 1 is 1.00 bits per heavy atom. The first-order chi connectivity index (χ1) is 17.2. The van der Waals surface area contributed by atoms with E-state index in [9.17, 15) is 36.2 Å². The summed E-state index contributed by atoms with van der Waals surface area (Å²) in [7, 11) is 1.30. The number of carbonyl (C=O) groups excluding carboxylic acids is 1. The number of phenolic OH excluding ortho intramolecular Hbond substituents is 1. The van der Waals surface area contributed by atoms with Gasteiger partial charge in [0.25, 0.3) is 5.91 Å². The van der Waals surface area contributed by atoms with Gasteiger partial charge >= 0.3 is 12.4 Å². The minimum atomic E-state index is -4.68. The van der Waals surface area contributed by atoms with Crippen molar-refractivity contribution in [3.8, 4) is 17.0 Å². The number of alkyl halides is 6. The summed E-state index contributed by atoms with van der Waals surface area (Å²) < 4.78 is 79.4. The van der Waals surface area contributed by atoms with Gasteiger partial charge in [0.15, 0.2) is 5.69 Å². The fourth-order valence-corrected chi connectivity index (χ4v) is 4.13. The summed E-state index contributed by atoms with van der Waals surface area (Å²) in [6.45, 7) is 2.20. The van der Waals surface area contributed by atoms with Crippen LogP contribution in [0.3, 0.4) is 0 Å². The average Bonchev–Trinajstić information content (AvgIpc) is 3.19. The quantitative estimate of drug-likeness (QED) is 0.232. The van der Waals surface area contributed by atoms with Crippen molar-refractivity contribution in [1.29, 1.82) is 0 Å². The number of phenols is 1. The highest BCUT2D eigenvalue weighted by Gasteiger charge is 2.35. The van der Waals surface area contributed by atoms with Crippen molar-refractivity contribution in [3.63, 3.8) is 0 Å². The summed E-state index contributed by atoms with van der Waals surface area (Å²) in [5.41, 5.74) is -2.00. The summed E-state index contributed by atoms with van der Waals surface area (Å²) in [6.07, 6.45) is -6.16. The number of benzene rings is 2. The van der Waals surface area contributed by atoms with Gasteiger partial charge in [-0.15, -0.1) is 0 Å². The number of unbranched alkanes of at least 4 members (excludes halogenated alkanes) is 3. The van der Waals surface area contributed by atoms with Crippen LogP contribution in [-0.4, -0.2) is 27.3 Å². The number of nitrogens with zero attached hydrogens (tertiary/aromatic N) is 3. The SMILES string of the molecule is CCCCCCN(C(=O)c1ccc(C(F)(F)F)c(Cl)c1)c1ccc(-c2cc(C(F)(F)F)nn2C)c(O)c1. The summed E-state index contributed by atoms with van der Waals surface area (Å²) in [4.78, 5) is 14.6. The van der Waals surface area contributed by atoms with Gasteiger partial charge < -0.3 is 10.0 Å². The maximum atomic E-state index is 13.3. The first-order valence-electron chi connectivity index (χ1n) is 11.4. The molecule has 0 bridgehead atoms. The van der Waals surface area contributed by atoms with Crippen LogP contribution in [-0.2, 0) is 19.4 Å². The largest absolute Gasteiger partial charge is 0.507 e. The van der Waals surface area contributed by atoms with Crippen molar-refractivity contribution >= 4 is 23.2 Å². The van der Waals surface area contributed by atoms with E-state index >= 15 is 0 Å². The predicted octanol–water partition coefficient (Wildman–Crippen LogP) is 7.71. The van der Waals surface area contributed by atoms with Crippen LogP contribution in [0.25, 0.3) is 11.3 Å². The Morgan fingerprint density at radius 2 is 1.70 bits per heavy atom. The maximum Gasteiger partial charge on any atom is 0.435 e. The second-order valence-electron chi connectivity index (χ2n) is 8.45. The minimum Gasteiger partial charge on any atom is -0.507 e. The molecule has 3 rings (SSSR count). The standard InChI is InChI=1S/C25H24ClF6N3O2/c1-3-4-5-6-11-35(23(37)15-7-10-18(19(26)12-15)24(27,28)29)16-8-9-17(21(36)13-16)20-14-22(25(30,31)32)33-34(20)2/h7-10,12-14,36H,3-6,11H2,1-2H3. The molecule has 0 spiro atoms. The van der Waals surface area contributed by atoms with Crippen LogP contribution in [0.2, 0.25) is 5.02 Å². The molecule has 0 aliphatic rings. The Morgan fingerprint density at radius 3 is 2.24 bits per heavy atom. The molecule has 0 aliphatic carbocycles. The number of amides is 1. The zero-order valence-corrected chi connectivity index (χ0v) is 20.7.